The summed E-state index contributed by atoms with van der Waals surface area (Å²) in [7, 11) is 1.60. The zero-order valence-electron chi connectivity index (χ0n) is 13.8. The molecule has 0 fully saturated rings. The van der Waals surface area contributed by atoms with E-state index in [-0.39, 0.29) is 18.1 Å². The standard InChI is InChI=1S/C17H14N6O2S/c1-22-15(12-7-4-5-9-18-12)21-23(17(22)25)10-14(24)20-16-19-11-6-2-3-8-13(11)26-16/h2-9H,10H2,1H3,(H,19,20,24). The molecule has 0 atom stereocenters. The number of benzene rings is 1. The van der Waals surface area contributed by atoms with E-state index in [1.165, 1.54) is 15.9 Å². The number of nitrogens with zero attached hydrogens (tertiary/aromatic N) is 5. The maximum atomic E-state index is 12.3. The van der Waals surface area contributed by atoms with Crippen molar-refractivity contribution in [1.82, 2.24) is 24.3 Å². The van der Waals surface area contributed by atoms with Gasteiger partial charge in [-0.05, 0) is 24.3 Å². The van der Waals surface area contributed by atoms with Crippen LogP contribution in [-0.2, 0) is 18.4 Å². The lowest BCUT2D eigenvalue weighted by atomic mass is 10.3. The summed E-state index contributed by atoms with van der Waals surface area (Å²) in [5, 5.41) is 7.44. The van der Waals surface area contributed by atoms with Gasteiger partial charge >= 0.3 is 5.69 Å². The molecule has 0 aliphatic carbocycles. The fourth-order valence-electron chi connectivity index (χ4n) is 2.53. The molecular weight excluding hydrogens is 352 g/mol. The molecule has 9 heteroatoms. The first-order chi connectivity index (χ1) is 12.6. The zero-order valence-corrected chi connectivity index (χ0v) is 14.6. The number of hydrogen-bond donors (Lipinski definition) is 1. The third-order valence-electron chi connectivity index (χ3n) is 3.77. The quantitative estimate of drug-likeness (QED) is 0.595. The van der Waals surface area contributed by atoms with Crippen LogP contribution in [0.2, 0.25) is 0 Å². The molecule has 0 saturated heterocycles. The molecule has 26 heavy (non-hydrogen) atoms. The van der Waals surface area contributed by atoms with E-state index in [0.717, 1.165) is 14.9 Å². The van der Waals surface area contributed by atoms with Gasteiger partial charge in [0.05, 0.1) is 10.2 Å². The summed E-state index contributed by atoms with van der Waals surface area (Å²) in [6.45, 7) is -0.199. The van der Waals surface area contributed by atoms with Gasteiger partial charge in [0, 0.05) is 13.2 Å². The number of carbonyl (C=O) groups excluding carboxylic acids is 1. The molecule has 0 unspecified atom stereocenters. The molecule has 4 rings (SSSR count). The van der Waals surface area contributed by atoms with E-state index >= 15 is 0 Å². The lowest BCUT2D eigenvalue weighted by molar-refractivity contribution is -0.117. The van der Waals surface area contributed by atoms with Crippen molar-refractivity contribution in [3.8, 4) is 11.5 Å². The van der Waals surface area contributed by atoms with Crippen molar-refractivity contribution in [2.45, 2.75) is 6.54 Å². The molecule has 8 nitrogen and oxygen atoms in total. The minimum absolute atomic E-state index is 0.199. The largest absolute Gasteiger partial charge is 0.346 e. The van der Waals surface area contributed by atoms with Crippen LogP contribution in [0.15, 0.2) is 53.5 Å². The van der Waals surface area contributed by atoms with Crippen molar-refractivity contribution in [2.75, 3.05) is 5.32 Å². The summed E-state index contributed by atoms with van der Waals surface area (Å²) >= 11 is 1.38. The highest BCUT2D eigenvalue weighted by molar-refractivity contribution is 7.22. The Bertz CT molecular complexity index is 1110. The second kappa shape index (κ2) is 6.52. The van der Waals surface area contributed by atoms with Crippen LogP contribution in [0.4, 0.5) is 5.13 Å². The highest BCUT2D eigenvalue weighted by atomic mass is 32.1. The Morgan fingerprint density at radius 2 is 2.00 bits per heavy atom. The molecule has 1 N–H and O–H groups in total. The molecule has 0 saturated carbocycles. The van der Waals surface area contributed by atoms with Gasteiger partial charge in [0.15, 0.2) is 11.0 Å². The third kappa shape index (κ3) is 3.00. The molecule has 0 bridgehead atoms. The number of thiazole rings is 1. The molecule has 3 aromatic heterocycles. The Morgan fingerprint density at radius 1 is 1.19 bits per heavy atom. The average molecular weight is 366 g/mol. The second-order valence-electron chi connectivity index (χ2n) is 5.57. The van der Waals surface area contributed by atoms with Crippen LogP contribution >= 0.6 is 11.3 Å². The number of para-hydroxylation sites is 1. The minimum atomic E-state index is -0.384. The molecule has 0 radical (unpaired) electrons. The van der Waals surface area contributed by atoms with Crippen LogP contribution < -0.4 is 11.0 Å². The van der Waals surface area contributed by atoms with Crippen molar-refractivity contribution < 1.29 is 4.79 Å². The molecule has 0 aliphatic rings. The minimum Gasteiger partial charge on any atom is -0.300 e. The predicted molar refractivity (Wildman–Crippen MR) is 98.9 cm³/mol. The van der Waals surface area contributed by atoms with Crippen LogP contribution in [0.25, 0.3) is 21.7 Å². The fourth-order valence-corrected chi connectivity index (χ4v) is 3.41. The molecular formula is C17H14N6O2S. The van der Waals surface area contributed by atoms with E-state index in [1.807, 2.05) is 30.3 Å². The summed E-state index contributed by atoms with van der Waals surface area (Å²) in [4.78, 5) is 33.2. The van der Waals surface area contributed by atoms with Crippen molar-refractivity contribution in [2.24, 2.45) is 7.05 Å². The van der Waals surface area contributed by atoms with Crippen LogP contribution in [0, 0.1) is 0 Å². The number of carbonyl (C=O) groups is 1. The number of rotatable bonds is 4. The summed E-state index contributed by atoms with van der Waals surface area (Å²) in [5.74, 6) is 0.0419. The van der Waals surface area contributed by atoms with Crippen molar-refractivity contribution in [3.05, 3.63) is 59.1 Å². The normalized spacial score (nSPS) is 11.0. The Labute approximate surface area is 151 Å². The SMILES string of the molecule is Cn1c(-c2ccccn2)nn(CC(=O)Nc2nc3ccccc3s2)c1=O. The van der Waals surface area contributed by atoms with Gasteiger partial charge in [-0.1, -0.05) is 29.5 Å². The molecule has 0 spiro atoms. The van der Waals surface area contributed by atoms with Crippen molar-refractivity contribution >= 4 is 32.6 Å². The van der Waals surface area contributed by atoms with Gasteiger partial charge in [0.1, 0.15) is 12.2 Å². The summed E-state index contributed by atoms with van der Waals surface area (Å²) in [6, 6.07) is 13.0. The van der Waals surface area contributed by atoms with Crippen molar-refractivity contribution in [1.29, 1.82) is 0 Å². The van der Waals surface area contributed by atoms with Crippen LogP contribution in [0.1, 0.15) is 0 Å². The second-order valence-corrected chi connectivity index (χ2v) is 6.60. The van der Waals surface area contributed by atoms with Gasteiger partial charge in [-0.2, -0.15) is 0 Å². The number of hydrogen-bond acceptors (Lipinski definition) is 6. The number of fused-ring (bicyclic) bond motifs is 1. The Balaban J connectivity index is 1.55. The lowest BCUT2D eigenvalue weighted by Gasteiger charge is -2.00. The fraction of sp³-hybridized carbons (Fsp3) is 0.118. The molecule has 130 valence electrons. The Kier molecular flexibility index (Phi) is 4.05. The molecule has 4 aromatic rings. The van der Waals surface area contributed by atoms with Crippen molar-refractivity contribution in [3.63, 3.8) is 0 Å². The first kappa shape index (κ1) is 16.2. The first-order valence-corrected chi connectivity index (χ1v) is 8.64. The van der Waals surface area contributed by atoms with E-state index in [2.05, 4.69) is 20.4 Å². The van der Waals surface area contributed by atoms with Gasteiger partial charge < -0.3 is 5.32 Å². The van der Waals surface area contributed by atoms with E-state index in [1.54, 1.807) is 25.4 Å². The van der Waals surface area contributed by atoms with Crippen LogP contribution in [0.5, 0.6) is 0 Å². The average Bonchev–Trinajstić information content (AvgIpc) is 3.18. The smallest absolute Gasteiger partial charge is 0.300 e. The lowest BCUT2D eigenvalue weighted by Crippen LogP contribution is -2.29. The number of pyridine rings is 1. The van der Waals surface area contributed by atoms with E-state index in [0.29, 0.717) is 16.6 Å². The third-order valence-corrected chi connectivity index (χ3v) is 4.72. The number of nitrogens with one attached hydrogen (secondary N) is 1. The van der Waals surface area contributed by atoms with Gasteiger partial charge in [0.25, 0.3) is 0 Å². The molecule has 1 aromatic carbocycles. The zero-order chi connectivity index (χ0) is 18.1. The topological polar surface area (TPSA) is 94.7 Å². The van der Waals surface area contributed by atoms with Crippen LogP contribution in [0.3, 0.4) is 0 Å². The molecule has 3 heterocycles. The van der Waals surface area contributed by atoms with Crippen LogP contribution in [-0.4, -0.2) is 30.2 Å². The maximum absolute atomic E-state index is 12.3. The molecule has 0 aliphatic heterocycles. The number of anilines is 1. The highest BCUT2D eigenvalue weighted by Gasteiger charge is 2.16. The maximum Gasteiger partial charge on any atom is 0.346 e. The van der Waals surface area contributed by atoms with E-state index in [9.17, 15) is 9.59 Å². The summed E-state index contributed by atoms with van der Waals surface area (Å²) < 4.78 is 3.47. The predicted octanol–water partition coefficient (Wildman–Crippen LogP) is 1.89. The van der Waals surface area contributed by atoms with E-state index in [4.69, 9.17) is 0 Å². The van der Waals surface area contributed by atoms with Gasteiger partial charge in [-0.15, -0.1) is 5.10 Å². The van der Waals surface area contributed by atoms with E-state index < -0.39 is 0 Å². The first-order valence-electron chi connectivity index (χ1n) is 7.82. The Morgan fingerprint density at radius 3 is 2.77 bits per heavy atom. The van der Waals surface area contributed by atoms with Gasteiger partial charge in [0.2, 0.25) is 5.91 Å². The van der Waals surface area contributed by atoms with Gasteiger partial charge in [-0.25, -0.2) is 14.5 Å². The summed E-state index contributed by atoms with van der Waals surface area (Å²) in [6.07, 6.45) is 1.62. The summed E-state index contributed by atoms with van der Waals surface area (Å²) in [5.41, 5.74) is 1.00. The monoisotopic (exact) mass is 366 g/mol. The number of amides is 1. The molecule has 1 amide bonds. The Hall–Kier alpha value is -3.33. The van der Waals surface area contributed by atoms with Gasteiger partial charge in [-0.3, -0.25) is 14.3 Å². The number of aromatic nitrogens is 5. The highest BCUT2D eigenvalue weighted by Crippen LogP contribution is 2.25.